The van der Waals surface area contributed by atoms with Crippen LogP contribution < -0.4 is 5.30 Å². The molecule has 0 radical (unpaired) electrons. The lowest BCUT2D eigenvalue weighted by Gasteiger charge is -1.99. The number of halogens is 2. The van der Waals surface area contributed by atoms with Gasteiger partial charge in [0, 0.05) is 0 Å². The smallest absolute Gasteiger partial charge is 0.368 e. The van der Waals surface area contributed by atoms with Crippen LogP contribution in [0.15, 0.2) is 24.3 Å². The number of hydrogen-bond acceptors (Lipinski definition) is 2. The van der Waals surface area contributed by atoms with E-state index in [0.29, 0.717) is 5.30 Å². The second-order valence-corrected chi connectivity index (χ2v) is 6.94. The van der Waals surface area contributed by atoms with Gasteiger partial charge in [-0.25, -0.2) is 4.89 Å². The van der Waals surface area contributed by atoms with Crippen LogP contribution >= 0.6 is 28.7 Å². The molecule has 11 heavy (non-hydrogen) atoms. The van der Waals surface area contributed by atoms with Crippen molar-refractivity contribution in [2.24, 2.45) is 0 Å². The third kappa shape index (κ3) is 2.49. The first-order valence-corrected chi connectivity index (χ1v) is 6.36. The second kappa shape index (κ2) is 3.16. The van der Waals surface area contributed by atoms with Crippen molar-refractivity contribution in [3.8, 4) is 5.75 Å². The third-order valence-electron chi connectivity index (χ3n) is 1.16. The highest BCUT2D eigenvalue weighted by molar-refractivity contribution is 8.18. The predicted octanol–water partition coefficient (Wildman–Crippen LogP) is 2.25. The van der Waals surface area contributed by atoms with Crippen molar-refractivity contribution in [1.82, 2.24) is 0 Å². The molecule has 0 aliphatic heterocycles. The van der Waals surface area contributed by atoms with Crippen molar-refractivity contribution in [3.63, 3.8) is 0 Å². The first kappa shape index (κ1) is 9.08. The van der Waals surface area contributed by atoms with Crippen molar-refractivity contribution in [2.75, 3.05) is 0 Å². The molecule has 0 fully saturated rings. The average Bonchev–Trinajstić information content (AvgIpc) is 1.86. The predicted molar refractivity (Wildman–Crippen MR) is 48.6 cm³/mol. The standard InChI is InChI=1S/C6H5Cl2O2P/c7-11(8,10)6-3-1-5(9)2-4-6/h1-4,10H/p+1. The monoisotopic (exact) mass is 211 g/mol. The topological polar surface area (TPSA) is 40.5 Å². The number of rotatable bonds is 1. The second-order valence-electron chi connectivity index (χ2n) is 2.00. The number of hydrogen-bond donors (Lipinski definition) is 2. The van der Waals surface area contributed by atoms with Gasteiger partial charge in [0.2, 0.25) is 0 Å². The molecule has 0 aliphatic rings. The molecule has 0 atom stereocenters. The SMILES string of the molecule is Oc1ccc([P+](O)(Cl)Cl)cc1. The average molecular weight is 212 g/mol. The maximum Gasteiger partial charge on any atom is 0.368 e. The molecule has 5 heteroatoms. The third-order valence-corrected chi connectivity index (χ3v) is 3.25. The number of aromatic hydroxyl groups is 1. The molecular formula is C6H6Cl2O2P+. The Morgan fingerprint density at radius 2 is 1.55 bits per heavy atom. The summed E-state index contributed by atoms with van der Waals surface area (Å²) in [7, 11) is 0. The molecule has 0 saturated carbocycles. The minimum atomic E-state index is -2.95. The fraction of sp³-hybridized carbons (Fsp3) is 0. The first-order chi connectivity index (χ1) is 5.00. The Kier molecular flexibility index (Phi) is 2.61. The zero-order valence-corrected chi connectivity index (χ0v) is 7.81. The summed E-state index contributed by atoms with van der Waals surface area (Å²) >= 11 is 10.9. The lowest BCUT2D eigenvalue weighted by molar-refractivity contribution is 0.475. The van der Waals surface area contributed by atoms with Gasteiger partial charge in [0.15, 0.2) is 5.30 Å². The van der Waals surface area contributed by atoms with E-state index in [0.717, 1.165) is 0 Å². The molecule has 0 bridgehead atoms. The van der Waals surface area contributed by atoms with Gasteiger partial charge in [0.05, 0.1) is 0 Å². The van der Waals surface area contributed by atoms with Crippen LogP contribution in [0.5, 0.6) is 5.75 Å². The van der Waals surface area contributed by atoms with Crippen molar-refractivity contribution >= 4 is 34.0 Å². The normalized spacial score (nSPS) is 11.5. The Labute approximate surface area is 74.4 Å². The van der Waals surface area contributed by atoms with Gasteiger partial charge in [0.25, 0.3) is 0 Å². The van der Waals surface area contributed by atoms with Crippen molar-refractivity contribution < 1.29 is 10.00 Å². The van der Waals surface area contributed by atoms with Crippen LogP contribution in [0.1, 0.15) is 0 Å². The molecule has 2 nitrogen and oxygen atoms in total. The van der Waals surface area contributed by atoms with Crippen molar-refractivity contribution in [3.05, 3.63) is 24.3 Å². The van der Waals surface area contributed by atoms with Gasteiger partial charge in [-0.2, -0.15) is 0 Å². The maximum absolute atomic E-state index is 9.14. The van der Waals surface area contributed by atoms with E-state index in [4.69, 9.17) is 32.5 Å². The van der Waals surface area contributed by atoms with E-state index in [2.05, 4.69) is 0 Å². The molecule has 1 aromatic carbocycles. The Morgan fingerprint density at radius 3 is 1.91 bits per heavy atom. The number of phenols is 1. The highest BCUT2D eigenvalue weighted by Gasteiger charge is 2.34. The zero-order chi connectivity index (χ0) is 8.48. The zero-order valence-electron chi connectivity index (χ0n) is 5.41. The molecule has 60 valence electrons. The summed E-state index contributed by atoms with van der Waals surface area (Å²) in [5, 5.41) is 9.31. The molecule has 1 aromatic rings. The molecule has 2 N–H and O–H groups in total. The minimum absolute atomic E-state index is 0.121. The minimum Gasteiger partial charge on any atom is -0.508 e. The van der Waals surface area contributed by atoms with Crippen LogP contribution in [0.3, 0.4) is 0 Å². The molecule has 0 saturated heterocycles. The molecular weight excluding hydrogens is 206 g/mol. The summed E-state index contributed by atoms with van der Waals surface area (Å²) in [6, 6.07) is 5.82. The van der Waals surface area contributed by atoms with Crippen molar-refractivity contribution in [2.45, 2.75) is 0 Å². The van der Waals surface area contributed by atoms with E-state index < -0.39 is 6.19 Å². The molecule has 0 aromatic heterocycles. The lowest BCUT2D eigenvalue weighted by Crippen LogP contribution is -1.99. The van der Waals surface area contributed by atoms with Crippen LogP contribution in [0.25, 0.3) is 0 Å². The summed E-state index contributed by atoms with van der Waals surface area (Å²) in [6.45, 7) is 0. The van der Waals surface area contributed by atoms with Crippen LogP contribution in [0, 0.1) is 0 Å². The van der Waals surface area contributed by atoms with Crippen LogP contribution in [0.2, 0.25) is 0 Å². The van der Waals surface area contributed by atoms with E-state index in [1.807, 2.05) is 0 Å². The van der Waals surface area contributed by atoms with Gasteiger partial charge < -0.3 is 5.11 Å². The molecule has 0 spiro atoms. The highest BCUT2D eigenvalue weighted by atomic mass is 35.9. The largest absolute Gasteiger partial charge is 0.508 e. The Hall–Kier alpha value is -0.0100. The van der Waals surface area contributed by atoms with Crippen LogP contribution in [0.4, 0.5) is 0 Å². The van der Waals surface area contributed by atoms with Gasteiger partial charge >= 0.3 is 6.19 Å². The maximum atomic E-state index is 9.14. The fourth-order valence-electron chi connectivity index (χ4n) is 0.632. The summed E-state index contributed by atoms with van der Waals surface area (Å²) in [5.41, 5.74) is 0. The Balaban J connectivity index is 2.99. The summed E-state index contributed by atoms with van der Waals surface area (Å²) < 4.78 is 0. The summed E-state index contributed by atoms with van der Waals surface area (Å²) in [6.07, 6.45) is -2.95. The van der Waals surface area contributed by atoms with Gasteiger partial charge in [-0.05, 0) is 24.3 Å². The molecule has 0 aliphatic carbocycles. The summed E-state index contributed by atoms with van der Waals surface area (Å²) in [4.78, 5) is 9.14. The summed E-state index contributed by atoms with van der Waals surface area (Å²) in [5.74, 6) is 0.121. The number of benzene rings is 1. The number of phenolic OH excluding ortho intramolecular Hbond substituents is 1. The molecule has 0 amide bonds. The Bertz CT molecular complexity index is 242. The first-order valence-electron chi connectivity index (χ1n) is 2.81. The van der Waals surface area contributed by atoms with E-state index in [-0.39, 0.29) is 5.75 Å². The van der Waals surface area contributed by atoms with Gasteiger partial charge in [-0.15, -0.1) is 0 Å². The van der Waals surface area contributed by atoms with E-state index in [1.54, 1.807) is 0 Å². The van der Waals surface area contributed by atoms with E-state index in [1.165, 1.54) is 24.3 Å². The molecule has 0 heterocycles. The van der Waals surface area contributed by atoms with Gasteiger partial charge in [-0.3, -0.25) is 0 Å². The molecule has 1 rings (SSSR count). The van der Waals surface area contributed by atoms with Gasteiger partial charge in [-0.1, -0.05) is 0 Å². The van der Waals surface area contributed by atoms with Crippen LogP contribution in [-0.4, -0.2) is 10.00 Å². The highest BCUT2D eigenvalue weighted by Crippen LogP contribution is 2.63. The van der Waals surface area contributed by atoms with E-state index >= 15 is 0 Å². The van der Waals surface area contributed by atoms with Crippen LogP contribution in [-0.2, 0) is 0 Å². The van der Waals surface area contributed by atoms with Crippen molar-refractivity contribution in [1.29, 1.82) is 0 Å². The van der Waals surface area contributed by atoms with Gasteiger partial charge in [0.1, 0.15) is 28.2 Å². The fourth-order valence-corrected chi connectivity index (χ4v) is 1.82. The molecule has 0 unspecified atom stereocenters. The Morgan fingerprint density at radius 1 is 1.09 bits per heavy atom. The quantitative estimate of drug-likeness (QED) is 0.700. The van der Waals surface area contributed by atoms with E-state index in [9.17, 15) is 0 Å². The lowest BCUT2D eigenvalue weighted by atomic mass is 10.3.